The number of carbonyl (C=O) groups is 2. The van der Waals surface area contributed by atoms with Crippen LogP contribution in [0.25, 0.3) is 0 Å². The summed E-state index contributed by atoms with van der Waals surface area (Å²) in [5, 5.41) is 11.3. The van der Waals surface area contributed by atoms with Gasteiger partial charge >= 0.3 is 12.0 Å². The van der Waals surface area contributed by atoms with E-state index in [2.05, 4.69) is 5.32 Å². The average molecular weight is 216 g/mol. The van der Waals surface area contributed by atoms with Crippen LogP contribution in [0.3, 0.4) is 0 Å². The summed E-state index contributed by atoms with van der Waals surface area (Å²) in [6.07, 6.45) is 0.750. The predicted molar refractivity (Wildman–Crippen MR) is 52.6 cm³/mol. The minimum Gasteiger partial charge on any atom is -0.480 e. The highest BCUT2D eigenvalue weighted by Gasteiger charge is 2.32. The number of hydrogen-bond donors (Lipinski definition) is 2. The first-order valence-corrected chi connectivity index (χ1v) is 4.76. The molecule has 1 unspecified atom stereocenters. The first-order valence-electron chi connectivity index (χ1n) is 4.76. The number of urea groups is 1. The molecule has 0 aromatic carbocycles. The number of aliphatic carboxylic acids is 1. The largest absolute Gasteiger partial charge is 0.480 e. The van der Waals surface area contributed by atoms with Crippen LogP contribution in [0.15, 0.2) is 0 Å². The van der Waals surface area contributed by atoms with Crippen LogP contribution in [0.5, 0.6) is 0 Å². The molecule has 1 rings (SSSR count). The lowest BCUT2D eigenvalue weighted by Gasteiger charge is -2.26. The summed E-state index contributed by atoms with van der Waals surface area (Å²) in [4.78, 5) is 23.1. The van der Waals surface area contributed by atoms with Gasteiger partial charge in [-0.1, -0.05) is 0 Å². The van der Waals surface area contributed by atoms with E-state index in [9.17, 15) is 9.59 Å². The van der Waals surface area contributed by atoms with Crippen molar-refractivity contribution in [2.75, 3.05) is 26.8 Å². The lowest BCUT2D eigenvalue weighted by molar-refractivity contribution is -0.137. The Bertz CT molecular complexity index is 261. The smallest absolute Gasteiger partial charge is 0.323 e. The van der Waals surface area contributed by atoms with Gasteiger partial charge in [0.1, 0.15) is 6.54 Å². The van der Waals surface area contributed by atoms with Crippen molar-refractivity contribution in [1.82, 2.24) is 10.2 Å². The van der Waals surface area contributed by atoms with Crippen molar-refractivity contribution in [3.8, 4) is 0 Å². The van der Waals surface area contributed by atoms with Gasteiger partial charge in [-0.05, 0) is 13.3 Å². The maximum Gasteiger partial charge on any atom is 0.323 e. The van der Waals surface area contributed by atoms with Crippen LogP contribution in [-0.2, 0) is 9.53 Å². The molecule has 2 N–H and O–H groups in total. The number of carboxylic acids is 1. The fourth-order valence-electron chi connectivity index (χ4n) is 1.39. The number of carboxylic acid groups (broad SMARTS) is 1. The van der Waals surface area contributed by atoms with E-state index in [0.29, 0.717) is 13.2 Å². The molecule has 0 bridgehead atoms. The van der Waals surface area contributed by atoms with Crippen molar-refractivity contribution < 1.29 is 19.4 Å². The van der Waals surface area contributed by atoms with Gasteiger partial charge < -0.3 is 20.1 Å². The summed E-state index contributed by atoms with van der Waals surface area (Å²) in [5.74, 6) is -1.03. The average Bonchev–Trinajstić information content (AvgIpc) is 2.50. The van der Waals surface area contributed by atoms with Crippen LogP contribution < -0.4 is 5.32 Å². The van der Waals surface area contributed by atoms with E-state index in [1.807, 2.05) is 6.92 Å². The lowest BCUT2D eigenvalue weighted by Crippen LogP contribution is -2.51. The van der Waals surface area contributed by atoms with Crippen molar-refractivity contribution in [3.63, 3.8) is 0 Å². The summed E-state index contributed by atoms with van der Waals surface area (Å²) in [6, 6.07) is -0.384. The van der Waals surface area contributed by atoms with E-state index in [1.165, 1.54) is 7.05 Å². The number of nitrogens with zero attached hydrogens (tertiary/aromatic N) is 1. The van der Waals surface area contributed by atoms with E-state index in [0.717, 1.165) is 11.3 Å². The third kappa shape index (κ3) is 3.39. The topological polar surface area (TPSA) is 78.9 Å². The monoisotopic (exact) mass is 216 g/mol. The Morgan fingerprint density at radius 2 is 2.27 bits per heavy atom. The van der Waals surface area contributed by atoms with Crippen LogP contribution in [0.4, 0.5) is 4.79 Å². The maximum absolute atomic E-state index is 11.5. The number of amides is 2. The van der Waals surface area contributed by atoms with Gasteiger partial charge in [-0.25, -0.2) is 4.79 Å². The molecule has 0 spiro atoms. The Morgan fingerprint density at radius 1 is 1.60 bits per heavy atom. The second kappa shape index (κ2) is 4.48. The quantitative estimate of drug-likeness (QED) is 0.690. The van der Waals surface area contributed by atoms with Crippen molar-refractivity contribution in [1.29, 1.82) is 0 Å². The zero-order chi connectivity index (χ0) is 11.5. The van der Waals surface area contributed by atoms with E-state index in [-0.39, 0.29) is 18.1 Å². The Hall–Kier alpha value is -1.30. The summed E-state index contributed by atoms with van der Waals surface area (Å²) >= 11 is 0. The van der Waals surface area contributed by atoms with Gasteiger partial charge in [0.2, 0.25) is 0 Å². The van der Waals surface area contributed by atoms with Crippen LogP contribution in [0.2, 0.25) is 0 Å². The third-order valence-electron chi connectivity index (χ3n) is 2.35. The zero-order valence-corrected chi connectivity index (χ0v) is 8.95. The molecule has 1 aliphatic rings. The van der Waals surface area contributed by atoms with Gasteiger partial charge in [-0.3, -0.25) is 4.79 Å². The molecule has 86 valence electrons. The van der Waals surface area contributed by atoms with Crippen LogP contribution in [0, 0.1) is 0 Å². The van der Waals surface area contributed by atoms with Crippen molar-refractivity contribution >= 4 is 12.0 Å². The standard InChI is InChI=1S/C9H16N2O4/c1-9(3-4-15-6-9)10-8(14)11(2)5-7(12)13/h3-6H2,1-2H3,(H,10,14)(H,12,13). The molecule has 15 heavy (non-hydrogen) atoms. The number of likely N-dealkylation sites (N-methyl/N-ethyl adjacent to an activating group) is 1. The molecule has 1 aliphatic heterocycles. The molecular weight excluding hydrogens is 200 g/mol. The fourth-order valence-corrected chi connectivity index (χ4v) is 1.39. The van der Waals surface area contributed by atoms with Gasteiger partial charge in [0.25, 0.3) is 0 Å². The molecule has 1 atom stereocenters. The number of nitrogens with one attached hydrogen (secondary N) is 1. The number of hydrogen-bond acceptors (Lipinski definition) is 3. The fraction of sp³-hybridized carbons (Fsp3) is 0.778. The molecule has 6 heteroatoms. The van der Waals surface area contributed by atoms with Crippen LogP contribution in [-0.4, -0.2) is 54.4 Å². The minimum atomic E-state index is -1.03. The van der Waals surface area contributed by atoms with E-state index in [4.69, 9.17) is 9.84 Å². The van der Waals surface area contributed by atoms with E-state index >= 15 is 0 Å². The van der Waals surface area contributed by atoms with Gasteiger partial charge in [-0.2, -0.15) is 0 Å². The predicted octanol–water partition coefficient (Wildman–Crippen LogP) is -0.109. The number of ether oxygens (including phenoxy) is 1. The molecule has 0 saturated carbocycles. The molecule has 0 aromatic rings. The first-order chi connectivity index (χ1) is 6.93. The molecule has 2 amide bonds. The highest BCUT2D eigenvalue weighted by molar-refractivity contribution is 5.80. The highest BCUT2D eigenvalue weighted by Crippen LogP contribution is 2.17. The molecular formula is C9H16N2O4. The number of rotatable bonds is 3. The molecule has 1 heterocycles. The zero-order valence-electron chi connectivity index (χ0n) is 8.95. The van der Waals surface area contributed by atoms with Crippen LogP contribution >= 0.6 is 0 Å². The molecule has 1 saturated heterocycles. The molecule has 0 aromatic heterocycles. The van der Waals surface area contributed by atoms with Crippen LogP contribution in [0.1, 0.15) is 13.3 Å². The molecule has 6 nitrogen and oxygen atoms in total. The molecule has 1 fully saturated rings. The third-order valence-corrected chi connectivity index (χ3v) is 2.35. The second-order valence-corrected chi connectivity index (χ2v) is 4.04. The highest BCUT2D eigenvalue weighted by atomic mass is 16.5. The Labute approximate surface area is 88.2 Å². The first kappa shape index (κ1) is 11.8. The van der Waals surface area contributed by atoms with Gasteiger partial charge in [0.05, 0.1) is 12.1 Å². The summed E-state index contributed by atoms with van der Waals surface area (Å²) in [6.45, 7) is 2.67. The SMILES string of the molecule is CN(CC(=O)O)C(=O)NC1(C)CCOC1. The van der Waals surface area contributed by atoms with Gasteiger partial charge in [0, 0.05) is 13.7 Å². The minimum absolute atomic E-state index is 0.303. The van der Waals surface area contributed by atoms with E-state index in [1.54, 1.807) is 0 Å². The normalized spacial score (nSPS) is 24.9. The maximum atomic E-state index is 11.5. The van der Waals surface area contributed by atoms with Crippen molar-refractivity contribution in [2.24, 2.45) is 0 Å². The van der Waals surface area contributed by atoms with Gasteiger partial charge in [0.15, 0.2) is 0 Å². The van der Waals surface area contributed by atoms with Crippen molar-refractivity contribution in [2.45, 2.75) is 18.9 Å². The summed E-state index contributed by atoms with van der Waals surface area (Å²) in [7, 11) is 1.45. The Kier molecular flexibility index (Phi) is 3.52. The van der Waals surface area contributed by atoms with E-state index < -0.39 is 5.97 Å². The number of carbonyl (C=O) groups excluding carboxylic acids is 1. The van der Waals surface area contributed by atoms with Gasteiger partial charge in [-0.15, -0.1) is 0 Å². The summed E-state index contributed by atoms with van der Waals surface area (Å²) < 4.78 is 5.17. The Morgan fingerprint density at radius 3 is 2.73 bits per heavy atom. The Balaban J connectivity index is 2.43. The second-order valence-electron chi connectivity index (χ2n) is 4.04. The molecule has 0 radical (unpaired) electrons. The summed E-state index contributed by atoms with van der Waals surface area (Å²) in [5.41, 5.74) is -0.371. The molecule has 0 aliphatic carbocycles. The van der Waals surface area contributed by atoms with Crippen molar-refractivity contribution in [3.05, 3.63) is 0 Å². The lowest BCUT2D eigenvalue weighted by atomic mass is 10.0.